The third-order valence-electron chi connectivity index (χ3n) is 4.81. The molecule has 1 aliphatic rings. The second-order valence-corrected chi connectivity index (χ2v) is 6.28. The fraction of sp³-hybridized carbons (Fsp3) is 0.667. The summed E-state index contributed by atoms with van der Waals surface area (Å²) in [6, 6.07) is 10.9. The summed E-state index contributed by atoms with van der Waals surface area (Å²) in [6.45, 7) is 7.70. The molecular weight excluding hydrogens is 244 g/mol. The predicted octanol–water partition coefficient (Wildman–Crippen LogP) is 3.90. The summed E-state index contributed by atoms with van der Waals surface area (Å²) >= 11 is 0. The average Bonchev–Trinajstić information content (AvgIpc) is 2.47. The lowest BCUT2D eigenvalue weighted by Crippen LogP contribution is -2.49. The third-order valence-corrected chi connectivity index (χ3v) is 4.81. The van der Waals surface area contributed by atoms with Crippen molar-refractivity contribution in [3.63, 3.8) is 0 Å². The van der Waals surface area contributed by atoms with Crippen LogP contribution in [0, 0.1) is 0 Å². The highest BCUT2D eigenvalue weighted by Gasteiger charge is 2.31. The van der Waals surface area contributed by atoms with E-state index < -0.39 is 0 Å². The van der Waals surface area contributed by atoms with E-state index in [2.05, 4.69) is 49.9 Å². The molecule has 1 fully saturated rings. The topological polar surface area (TPSA) is 29.3 Å². The van der Waals surface area contributed by atoms with Gasteiger partial charge in [0, 0.05) is 24.7 Å². The minimum Gasteiger partial charge on any atom is -0.329 e. The van der Waals surface area contributed by atoms with Crippen molar-refractivity contribution in [2.45, 2.75) is 71.0 Å². The number of hydrogen-bond donors (Lipinski definition) is 1. The molecule has 0 spiro atoms. The van der Waals surface area contributed by atoms with Gasteiger partial charge in [0.2, 0.25) is 0 Å². The second-order valence-electron chi connectivity index (χ2n) is 6.28. The van der Waals surface area contributed by atoms with E-state index in [4.69, 9.17) is 5.73 Å². The highest BCUT2D eigenvalue weighted by Crippen LogP contribution is 2.32. The number of hydrogen-bond acceptors (Lipinski definition) is 2. The standard InChI is InChI=1S/C18H30N2/c1-4-6-16-9-11-17(12-10-16)15(3)20-14(2)7-5-8-18(20)13-19/h9-12,14-15,18H,4-8,13,19H2,1-3H3. The maximum absolute atomic E-state index is 5.99. The van der Waals surface area contributed by atoms with Crippen molar-refractivity contribution >= 4 is 0 Å². The van der Waals surface area contributed by atoms with E-state index in [1.165, 1.54) is 43.2 Å². The van der Waals surface area contributed by atoms with Gasteiger partial charge in [-0.25, -0.2) is 0 Å². The number of rotatable bonds is 5. The normalized spacial score (nSPS) is 25.6. The van der Waals surface area contributed by atoms with Crippen molar-refractivity contribution in [2.75, 3.05) is 6.54 Å². The summed E-state index contributed by atoms with van der Waals surface area (Å²) in [4.78, 5) is 2.64. The number of likely N-dealkylation sites (tertiary alicyclic amines) is 1. The molecule has 0 aromatic heterocycles. The third kappa shape index (κ3) is 3.42. The van der Waals surface area contributed by atoms with Crippen LogP contribution in [0.3, 0.4) is 0 Å². The van der Waals surface area contributed by atoms with Crippen molar-refractivity contribution in [3.8, 4) is 0 Å². The summed E-state index contributed by atoms with van der Waals surface area (Å²) < 4.78 is 0. The van der Waals surface area contributed by atoms with E-state index >= 15 is 0 Å². The summed E-state index contributed by atoms with van der Waals surface area (Å²) in [7, 11) is 0. The smallest absolute Gasteiger partial charge is 0.0326 e. The highest BCUT2D eigenvalue weighted by atomic mass is 15.2. The zero-order chi connectivity index (χ0) is 14.5. The van der Waals surface area contributed by atoms with Crippen LogP contribution >= 0.6 is 0 Å². The SMILES string of the molecule is CCCc1ccc(C(C)N2C(C)CCCC2CN)cc1. The van der Waals surface area contributed by atoms with Crippen LogP contribution in [0.25, 0.3) is 0 Å². The van der Waals surface area contributed by atoms with Crippen LogP contribution in [-0.4, -0.2) is 23.5 Å². The summed E-state index contributed by atoms with van der Waals surface area (Å²) in [6.07, 6.45) is 6.27. The Bertz CT molecular complexity index is 398. The Morgan fingerprint density at radius 2 is 1.95 bits per heavy atom. The number of nitrogens with zero attached hydrogens (tertiary/aromatic N) is 1. The molecule has 20 heavy (non-hydrogen) atoms. The molecule has 0 bridgehead atoms. The molecule has 0 amide bonds. The van der Waals surface area contributed by atoms with Gasteiger partial charge in [0.1, 0.15) is 0 Å². The lowest BCUT2D eigenvalue weighted by atomic mass is 9.92. The van der Waals surface area contributed by atoms with Crippen LogP contribution in [0.15, 0.2) is 24.3 Å². The molecule has 1 saturated heterocycles. The van der Waals surface area contributed by atoms with E-state index in [-0.39, 0.29) is 0 Å². The van der Waals surface area contributed by atoms with Gasteiger partial charge in [-0.05, 0) is 44.2 Å². The minimum atomic E-state index is 0.467. The Labute approximate surface area is 124 Å². The molecule has 2 nitrogen and oxygen atoms in total. The maximum atomic E-state index is 5.99. The zero-order valence-corrected chi connectivity index (χ0v) is 13.3. The fourth-order valence-corrected chi connectivity index (χ4v) is 3.67. The van der Waals surface area contributed by atoms with Gasteiger partial charge >= 0.3 is 0 Å². The van der Waals surface area contributed by atoms with E-state index in [1.54, 1.807) is 0 Å². The predicted molar refractivity (Wildman–Crippen MR) is 86.8 cm³/mol. The molecule has 0 radical (unpaired) electrons. The van der Waals surface area contributed by atoms with Crippen LogP contribution in [0.2, 0.25) is 0 Å². The lowest BCUT2D eigenvalue weighted by Gasteiger charge is -2.44. The van der Waals surface area contributed by atoms with Gasteiger partial charge in [-0.1, -0.05) is 44.0 Å². The first-order chi connectivity index (χ1) is 9.67. The second kappa shape index (κ2) is 7.24. The van der Waals surface area contributed by atoms with Gasteiger partial charge in [-0.2, -0.15) is 0 Å². The van der Waals surface area contributed by atoms with E-state index in [1.807, 2.05) is 0 Å². The molecule has 2 rings (SSSR count). The van der Waals surface area contributed by atoms with Crippen molar-refractivity contribution in [1.29, 1.82) is 0 Å². The Hall–Kier alpha value is -0.860. The minimum absolute atomic E-state index is 0.467. The first-order valence-electron chi connectivity index (χ1n) is 8.23. The molecule has 3 atom stereocenters. The number of benzene rings is 1. The molecule has 2 heteroatoms. The summed E-state index contributed by atoms with van der Waals surface area (Å²) in [5.41, 5.74) is 8.87. The van der Waals surface area contributed by atoms with Gasteiger partial charge in [-0.15, -0.1) is 0 Å². The fourth-order valence-electron chi connectivity index (χ4n) is 3.67. The Balaban J connectivity index is 2.13. The average molecular weight is 274 g/mol. The number of piperidine rings is 1. The molecule has 3 unspecified atom stereocenters. The monoisotopic (exact) mass is 274 g/mol. The van der Waals surface area contributed by atoms with Crippen molar-refractivity contribution in [3.05, 3.63) is 35.4 Å². The molecule has 1 heterocycles. The number of aryl methyl sites for hydroxylation is 1. The van der Waals surface area contributed by atoms with Crippen molar-refractivity contribution in [2.24, 2.45) is 5.73 Å². The molecule has 112 valence electrons. The first kappa shape index (κ1) is 15.5. The quantitative estimate of drug-likeness (QED) is 0.882. The molecule has 0 aliphatic carbocycles. The van der Waals surface area contributed by atoms with Gasteiger partial charge in [0.05, 0.1) is 0 Å². The lowest BCUT2D eigenvalue weighted by molar-refractivity contribution is 0.0570. The number of nitrogens with two attached hydrogens (primary N) is 1. The van der Waals surface area contributed by atoms with Crippen molar-refractivity contribution < 1.29 is 0 Å². The largest absolute Gasteiger partial charge is 0.329 e. The summed E-state index contributed by atoms with van der Waals surface area (Å²) in [5.74, 6) is 0. The molecular formula is C18H30N2. The molecule has 1 aliphatic heterocycles. The van der Waals surface area contributed by atoms with Gasteiger partial charge in [0.15, 0.2) is 0 Å². The van der Waals surface area contributed by atoms with Gasteiger partial charge in [0.25, 0.3) is 0 Å². The maximum Gasteiger partial charge on any atom is 0.0326 e. The Kier molecular flexibility index (Phi) is 5.62. The van der Waals surface area contributed by atoms with Crippen LogP contribution in [0.4, 0.5) is 0 Å². The van der Waals surface area contributed by atoms with Gasteiger partial charge < -0.3 is 5.73 Å². The molecule has 1 aromatic carbocycles. The van der Waals surface area contributed by atoms with Crippen molar-refractivity contribution in [1.82, 2.24) is 4.90 Å². The van der Waals surface area contributed by atoms with E-state index in [0.29, 0.717) is 18.1 Å². The van der Waals surface area contributed by atoms with E-state index in [0.717, 1.165) is 6.54 Å². The Morgan fingerprint density at radius 3 is 2.55 bits per heavy atom. The molecule has 1 aromatic rings. The van der Waals surface area contributed by atoms with E-state index in [9.17, 15) is 0 Å². The van der Waals surface area contributed by atoms with Gasteiger partial charge in [-0.3, -0.25) is 4.90 Å². The molecule has 0 saturated carbocycles. The van der Waals surface area contributed by atoms with Crippen LogP contribution in [0.5, 0.6) is 0 Å². The first-order valence-corrected chi connectivity index (χ1v) is 8.23. The van der Waals surface area contributed by atoms with Crippen LogP contribution in [-0.2, 0) is 6.42 Å². The highest BCUT2D eigenvalue weighted by molar-refractivity contribution is 5.25. The summed E-state index contributed by atoms with van der Waals surface area (Å²) in [5, 5.41) is 0. The Morgan fingerprint density at radius 1 is 1.25 bits per heavy atom. The zero-order valence-electron chi connectivity index (χ0n) is 13.3. The van der Waals surface area contributed by atoms with Crippen LogP contribution in [0.1, 0.15) is 63.6 Å². The molecule has 2 N–H and O–H groups in total. The van der Waals surface area contributed by atoms with Crippen LogP contribution < -0.4 is 5.73 Å².